The van der Waals surface area contributed by atoms with E-state index in [1.807, 2.05) is 0 Å². The number of carbonyl (C=O) groups is 1. The van der Waals surface area contributed by atoms with Crippen LogP contribution in [0.4, 0.5) is 5.69 Å². The van der Waals surface area contributed by atoms with Crippen molar-refractivity contribution in [3.63, 3.8) is 0 Å². The Morgan fingerprint density at radius 2 is 1.93 bits per heavy atom. The fraction of sp³-hybridized carbons (Fsp3) is 0.211. The van der Waals surface area contributed by atoms with Crippen LogP contribution in [0.1, 0.15) is 6.92 Å². The van der Waals surface area contributed by atoms with Crippen LogP contribution in [-0.4, -0.2) is 35.6 Å². The third-order valence-corrected chi connectivity index (χ3v) is 4.95. The molecule has 3 rings (SSSR count). The molecule has 0 unspecified atom stereocenters. The van der Waals surface area contributed by atoms with Gasteiger partial charge in [0.2, 0.25) is 11.8 Å². The van der Waals surface area contributed by atoms with Crippen LogP contribution >= 0.6 is 23.4 Å². The van der Waals surface area contributed by atoms with E-state index in [9.17, 15) is 4.79 Å². The lowest BCUT2D eigenvalue weighted by Crippen LogP contribution is -2.22. The quantitative estimate of drug-likeness (QED) is 0.563. The fourth-order valence-electron chi connectivity index (χ4n) is 2.36. The van der Waals surface area contributed by atoms with Gasteiger partial charge in [-0.2, -0.15) is 0 Å². The summed E-state index contributed by atoms with van der Waals surface area (Å²) in [5.41, 5.74) is 1.31. The third-order valence-electron chi connectivity index (χ3n) is 3.78. The number of benzene rings is 2. The monoisotopic (exact) mass is 419 g/mol. The molecule has 0 aliphatic carbocycles. The average Bonchev–Trinajstić information content (AvgIpc) is 3.15. The van der Waals surface area contributed by atoms with E-state index in [1.165, 1.54) is 11.8 Å². The smallest absolute Gasteiger partial charge is 0.277 e. The Labute approximate surface area is 171 Å². The van der Waals surface area contributed by atoms with Crippen molar-refractivity contribution in [2.24, 2.45) is 0 Å². The second-order valence-corrected chi connectivity index (χ2v) is 7.43. The minimum absolute atomic E-state index is 0.196. The van der Waals surface area contributed by atoms with Crippen LogP contribution in [-0.2, 0) is 4.79 Å². The molecule has 0 aliphatic rings. The highest BCUT2D eigenvalue weighted by Crippen LogP contribution is 2.33. The van der Waals surface area contributed by atoms with Crippen molar-refractivity contribution in [3.8, 4) is 23.0 Å². The lowest BCUT2D eigenvalue weighted by Gasteiger charge is -2.10. The number of carbonyl (C=O) groups excluding carboxylic acids is 1. The Bertz CT molecular complexity index is 979. The van der Waals surface area contributed by atoms with E-state index in [4.69, 9.17) is 25.5 Å². The number of anilines is 1. The van der Waals surface area contributed by atoms with Gasteiger partial charge in [-0.15, -0.1) is 10.2 Å². The fourth-order valence-corrected chi connectivity index (χ4v) is 3.23. The number of thioether (sulfide) groups is 1. The summed E-state index contributed by atoms with van der Waals surface area (Å²) in [6, 6.07) is 12.2. The molecule has 1 heterocycles. The van der Waals surface area contributed by atoms with Gasteiger partial charge in [0.25, 0.3) is 5.22 Å². The number of hydrogen-bond donors (Lipinski definition) is 1. The standard InChI is InChI=1S/C19H18ClN3O4S/c1-11(17(24)21-14-6-4-5-13(20)10-14)28-19-23-22-18(27-19)12-7-8-15(25-2)16(9-12)26-3/h4-11H,1-3H3,(H,21,24)/t11-/m0/s1. The van der Waals surface area contributed by atoms with Crippen LogP contribution in [0.3, 0.4) is 0 Å². The predicted molar refractivity (Wildman–Crippen MR) is 108 cm³/mol. The largest absolute Gasteiger partial charge is 0.493 e. The summed E-state index contributed by atoms with van der Waals surface area (Å²) < 4.78 is 16.2. The molecule has 28 heavy (non-hydrogen) atoms. The van der Waals surface area contributed by atoms with E-state index in [1.54, 1.807) is 63.6 Å². The van der Waals surface area contributed by atoms with Gasteiger partial charge < -0.3 is 19.2 Å². The summed E-state index contributed by atoms with van der Waals surface area (Å²) >= 11 is 7.10. The zero-order valence-electron chi connectivity index (χ0n) is 15.4. The van der Waals surface area contributed by atoms with Crippen LogP contribution in [0.15, 0.2) is 52.1 Å². The topological polar surface area (TPSA) is 86.5 Å². The molecule has 0 saturated carbocycles. The summed E-state index contributed by atoms with van der Waals surface area (Å²) in [7, 11) is 3.12. The molecule has 9 heteroatoms. The maximum absolute atomic E-state index is 12.4. The SMILES string of the molecule is COc1ccc(-c2nnc(S[C@@H](C)C(=O)Nc3cccc(Cl)c3)o2)cc1OC. The van der Waals surface area contributed by atoms with Gasteiger partial charge in [-0.3, -0.25) is 4.79 Å². The van der Waals surface area contributed by atoms with Crippen molar-refractivity contribution < 1.29 is 18.7 Å². The van der Waals surface area contributed by atoms with Crippen molar-refractivity contribution >= 4 is 35.0 Å². The van der Waals surface area contributed by atoms with Gasteiger partial charge in [0.1, 0.15) is 0 Å². The van der Waals surface area contributed by atoms with Crippen molar-refractivity contribution in [1.29, 1.82) is 0 Å². The summed E-state index contributed by atoms with van der Waals surface area (Å²) in [5, 5.41) is 11.2. The van der Waals surface area contributed by atoms with Gasteiger partial charge in [0.05, 0.1) is 19.5 Å². The second-order valence-electron chi connectivity index (χ2n) is 5.70. The Kier molecular flexibility index (Phi) is 6.43. The van der Waals surface area contributed by atoms with Crippen LogP contribution in [0.25, 0.3) is 11.5 Å². The van der Waals surface area contributed by atoms with Gasteiger partial charge in [-0.05, 0) is 43.3 Å². The summed E-state index contributed by atoms with van der Waals surface area (Å²) in [5.74, 6) is 1.29. The lowest BCUT2D eigenvalue weighted by atomic mass is 10.2. The number of hydrogen-bond acceptors (Lipinski definition) is 7. The van der Waals surface area contributed by atoms with E-state index in [2.05, 4.69) is 15.5 Å². The number of rotatable bonds is 7. The lowest BCUT2D eigenvalue weighted by molar-refractivity contribution is -0.115. The first-order valence-electron chi connectivity index (χ1n) is 8.29. The molecule has 0 fully saturated rings. The number of methoxy groups -OCH3 is 2. The Balaban J connectivity index is 1.67. The van der Waals surface area contributed by atoms with E-state index in [0.29, 0.717) is 38.9 Å². The number of amides is 1. The van der Waals surface area contributed by atoms with E-state index in [-0.39, 0.29) is 5.91 Å². The van der Waals surface area contributed by atoms with Crippen LogP contribution in [0, 0.1) is 0 Å². The number of nitrogens with one attached hydrogen (secondary N) is 1. The van der Waals surface area contributed by atoms with Gasteiger partial charge >= 0.3 is 0 Å². The number of nitrogens with zero attached hydrogens (tertiary/aromatic N) is 2. The zero-order valence-corrected chi connectivity index (χ0v) is 17.0. The zero-order chi connectivity index (χ0) is 20.1. The minimum Gasteiger partial charge on any atom is -0.493 e. The molecule has 1 atom stereocenters. The average molecular weight is 420 g/mol. The molecule has 0 radical (unpaired) electrons. The van der Waals surface area contributed by atoms with Gasteiger partial charge in [-0.1, -0.05) is 29.4 Å². The van der Waals surface area contributed by atoms with Crippen molar-refractivity contribution in [2.75, 3.05) is 19.5 Å². The molecular weight excluding hydrogens is 402 g/mol. The molecule has 7 nitrogen and oxygen atoms in total. The first-order valence-corrected chi connectivity index (χ1v) is 9.55. The highest BCUT2D eigenvalue weighted by molar-refractivity contribution is 8.00. The Morgan fingerprint density at radius 1 is 1.14 bits per heavy atom. The normalized spacial score (nSPS) is 11.7. The second kappa shape index (κ2) is 8.99. The van der Waals surface area contributed by atoms with E-state index < -0.39 is 5.25 Å². The minimum atomic E-state index is -0.447. The maximum atomic E-state index is 12.4. The predicted octanol–water partition coefficient (Wildman–Crippen LogP) is 4.53. The third kappa shape index (κ3) is 4.76. The summed E-state index contributed by atoms with van der Waals surface area (Å²) in [6.07, 6.45) is 0. The van der Waals surface area contributed by atoms with Crippen LogP contribution in [0.2, 0.25) is 5.02 Å². The first kappa shape index (κ1) is 20.0. The molecule has 1 amide bonds. The number of halogens is 1. The van der Waals surface area contributed by atoms with Crippen molar-refractivity contribution in [2.45, 2.75) is 17.4 Å². The molecular formula is C19H18ClN3O4S. The van der Waals surface area contributed by atoms with Gasteiger partial charge in [0, 0.05) is 16.3 Å². The van der Waals surface area contributed by atoms with Crippen molar-refractivity contribution in [1.82, 2.24) is 10.2 Å². The van der Waals surface area contributed by atoms with E-state index >= 15 is 0 Å². The Hall–Kier alpha value is -2.71. The molecule has 3 aromatic rings. The molecule has 0 spiro atoms. The first-order chi connectivity index (χ1) is 13.5. The van der Waals surface area contributed by atoms with Crippen LogP contribution < -0.4 is 14.8 Å². The molecule has 0 bridgehead atoms. The van der Waals surface area contributed by atoms with Gasteiger partial charge in [-0.25, -0.2) is 0 Å². The number of aromatic nitrogens is 2. The Morgan fingerprint density at radius 3 is 2.64 bits per heavy atom. The molecule has 0 aliphatic heterocycles. The summed E-state index contributed by atoms with van der Waals surface area (Å²) in [6.45, 7) is 1.75. The molecule has 1 N–H and O–H groups in total. The molecule has 1 aromatic heterocycles. The highest BCUT2D eigenvalue weighted by Gasteiger charge is 2.19. The number of ether oxygens (including phenoxy) is 2. The molecule has 146 valence electrons. The highest BCUT2D eigenvalue weighted by atomic mass is 35.5. The summed E-state index contributed by atoms with van der Waals surface area (Å²) in [4.78, 5) is 12.4. The van der Waals surface area contributed by atoms with Crippen molar-refractivity contribution in [3.05, 3.63) is 47.5 Å². The van der Waals surface area contributed by atoms with Gasteiger partial charge in [0.15, 0.2) is 11.5 Å². The maximum Gasteiger partial charge on any atom is 0.277 e. The van der Waals surface area contributed by atoms with E-state index in [0.717, 1.165) is 0 Å². The van der Waals surface area contributed by atoms with Crippen LogP contribution in [0.5, 0.6) is 11.5 Å². The molecule has 2 aromatic carbocycles. The molecule has 0 saturated heterocycles.